The van der Waals surface area contributed by atoms with Gasteiger partial charge in [-0.2, -0.15) is 24.3 Å². The summed E-state index contributed by atoms with van der Waals surface area (Å²) >= 11 is 0. The van der Waals surface area contributed by atoms with Gasteiger partial charge >= 0.3 is 32.7 Å². The number of hydrogen-bond acceptors (Lipinski definition) is 2. The molecule has 0 bridgehead atoms. The standard InChI is InChI=1S/C17H16FO2.Y/c18-15-8-6-14(7-9-15)17(10-3-11-19)16-5-2-1-4-13(16)12-20-17;/h2,4-9,19H,3,10-12H2;/q-1;+3. The average Bonchev–Trinajstić information content (AvgIpc) is 2.86. The Morgan fingerprint density at radius 2 is 2.00 bits per heavy atom. The summed E-state index contributed by atoms with van der Waals surface area (Å²) in [4.78, 5) is 0. The summed E-state index contributed by atoms with van der Waals surface area (Å²) in [7, 11) is 0. The minimum atomic E-state index is -0.582. The summed E-state index contributed by atoms with van der Waals surface area (Å²) in [5.74, 6) is -0.259. The first-order valence-electron chi connectivity index (χ1n) is 6.76. The Kier molecular flexibility index (Phi) is 5.67. The first-order valence-corrected chi connectivity index (χ1v) is 6.76. The van der Waals surface area contributed by atoms with E-state index in [9.17, 15) is 4.39 Å². The first kappa shape index (κ1) is 16.8. The molecule has 104 valence electrons. The van der Waals surface area contributed by atoms with Gasteiger partial charge in [0.15, 0.2) is 0 Å². The van der Waals surface area contributed by atoms with Crippen molar-refractivity contribution in [3.63, 3.8) is 0 Å². The van der Waals surface area contributed by atoms with Crippen molar-refractivity contribution in [3.8, 4) is 0 Å². The van der Waals surface area contributed by atoms with Gasteiger partial charge in [-0.25, -0.2) is 4.39 Å². The molecule has 1 N–H and O–H groups in total. The molecule has 0 radical (unpaired) electrons. The van der Waals surface area contributed by atoms with Crippen molar-refractivity contribution in [2.24, 2.45) is 0 Å². The molecule has 1 aliphatic rings. The van der Waals surface area contributed by atoms with E-state index in [1.54, 1.807) is 12.1 Å². The van der Waals surface area contributed by atoms with E-state index in [2.05, 4.69) is 6.07 Å². The summed E-state index contributed by atoms with van der Waals surface area (Å²) in [6, 6.07) is 15.3. The average molecular weight is 360 g/mol. The molecule has 4 heteroatoms. The van der Waals surface area contributed by atoms with Gasteiger partial charge in [0.05, 0.1) is 5.60 Å². The van der Waals surface area contributed by atoms with Crippen LogP contribution in [-0.2, 0) is 49.7 Å². The molecule has 0 amide bonds. The molecule has 0 aliphatic carbocycles. The number of hydrogen-bond donors (Lipinski definition) is 1. The molecule has 1 heterocycles. The van der Waals surface area contributed by atoms with E-state index in [0.29, 0.717) is 19.4 Å². The second-order valence-electron chi connectivity index (χ2n) is 5.03. The van der Waals surface area contributed by atoms with E-state index in [0.717, 1.165) is 16.7 Å². The van der Waals surface area contributed by atoms with Crippen LogP contribution in [-0.4, -0.2) is 11.7 Å². The van der Waals surface area contributed by atoms with Gasteiger partial charge < -0.3 is 9.84 Å². The topological polar surface area (TPSA) is 29.5 Å². The van der Waals surface area contributed by atoms with E-state index < -0.39 is 5.60 Å². The van der Waals surface area contributed by atoms with E-state index in [4.69, 9.17) is 9.84 Å². The number of rotatable bonds is 4. The fourth-order valence-electron chi connectivity index (χ4n) is 2.89. The van der Waals surface area contributed by atoms with Crippen molar-refractivity contribution in [2.45, 2.75) is 25.0 Å². The molecule has 3 rings (SSSR count). The van der Waals surface area contributed by atoms with Crippen LogP contribution in [0.1, 0.15) is 29.5 Å². The molecule has 0 spiro atoms. The second-order valence-corrected chi connectivity index (χ2v) is 5.03. The van der Waals surface area contributed by atoms with E-state index in [1.165, 1.54) is 12.1 Å². The maximum absolute atomic E-state index is 13.2. The zero-order valence-corrected chi connectivity index (χ0v) is 14.5. The molecular weight excluding hydrogens is 344 g/mol. The molecule has 0 saturated carbocycles. The predicted molar refractivity (Wildman–Crippen MR) is 73.6 cm³/mol. The minimum absolute atomic E-state index is 0. The molecular formula is C17H16FO2Y+2. The van der Waals surface area contributed by atoms with Crippen LogP contribution in [0.25, 0.3) is 0 Å². The van der Waals surface area contributed by atoms with Crippen LogP contribution >= 0.6 is 0 Å². The van der Waals surface area contributed by atoms with Crippen molar-refractivity contribution in [1.82, 2.24) is 0 Å². The summed E-state index contributed by atoms with van der Waals surface area (Å²) in [5.41, 5.74) is 2.55. The molecule has 1 atom stereocenters. The third-order valence-electron chi connectivity index (χ3n) is 3.86. The number of ether oxygens (including phenoxy) is 1. The number of benzene rings is 2. The molecule has 21 heavy (non-hydrogen) atoms. The number of aliphatic hydroxyl groups excluding tert-OH is 1. The summed E-state index contributed by atoms with van der Waals surface area (Å²) < 4.78 is 19.2. The predicted octanol–water partition coefficient (Wildman–Crippen LogP) is 3.17. The summed E-state index contributed by atoms with van der Waals surface area (Å²) in [5, 5.41) is 9.16. The Bertz CT molecular complexity index is 600. The Labute approximate surface area is 149 Å². The Morgan fingerprint density at radius 3 is 2.71 bits per heavy atom. The van der Waals surface area contributed by atoms with E-state index in [1.807, 2.05) is 18.2 Å². The van der Waals surface area contributed by atoms with Crippen LogP contribution in [0.3, 0.4) is 0 Å². The van der Waals surface area contributed by atoms with Gasteiger partial charge in [0.2, 0.25) is 0 Å². The van der Waals surface area contributed by atoms with Crippen molar-refractivity contribution in [3.05, 3.63) is 71.0 Å². The molecule has 2 aromatic carbocycles. The van der Waals surface area contributed by atoms with E-state index >= 15 is 0 Å². The van der Waals surface area contributed by atoms with Gasteiger partial charge in [-0.1, -0.05) is 12.1 Å². The number of fused-ring (bicyclic) bond motifs is 1. The first-order chi connectivity index (χ1) is 9.76. The minimum Gasteiger partial charge on any atom is -0.396 e. The van der Waals surface area contributed by atoms with Crippen LogP contribution in [0.4, 0.5) is 4.39 Å². The third kappa shape index (κ3) is 3.12. The molecule has 0 aromatic heterocycles. The van der Waals surface area contributed by atoms with Crippen molar-refractivity contribution in [2.75, 3.05) is 6.61 Å². The van der Waals surface area contributed by atoms with Gasteiger partial charge in [-0.05, 0) is 30.5 Å². The molecule has 1 unspecified atom stereocenters. The van der Waals surface area contributed by atoms with Crippen molar-refractivity contribution < 1.29 is 46.9 Å². The summed E-state index contributed by atoms with van der Waals surface area (Å²) in [6.07, 6.45) is 1.31. The third-order valence-corrected chi connectivity index (χ3v) is 3.86. The Morgan fingerprint density at radius 1 is 1.24 bits per heavy atom. The maximum Gasteiger partial charge on any atom is 3.00 e. The normalized spacial score (nSPS) is 19.9. The molecule has 0 saturated heterocycles. The van der Waals surface area contributed by atoms with Crippen LogP contribution < -0.4 is 0 Å². The van der Waals surface area contributed by atoms with Crippen molar-refractivity contribution >= 4 is 0 Å². The van der Waals surface area contributed by atoms with Crippen LogP contribution in [0.5, 0.6) is 0 Å². The second kappa shape index (κ2) is 7.10. The molecule has 0 fully saturated rings. The SMILES string of the molecule is OCCCC1(c2ccc(F)cc2)OCc2c[c-]ccc21.[Y+3]. The van der Waals surface area contributed by atoms with Crippen molar-refractivity contribution in [1.29, 1.82) is 0 Å². The largest absolute Gasteiger partial charge is 3.00 e. The fraction of sp³-hybridized carbons (Fsp3) is 0.294. The molecule has 2 aromatic rings. The molecule has 1 aliphatic heterocycles. The van der Waals surface area contributed by atoms with Gasteiger partial charge in [-0.3, -0.25) is 0 Å². The zero-order chi connectivity index (χ0) is 14.0. The number of halogens is 1. The van der Waals surface area contributed by atoms with Gasteiger partial charge in [-0.15, -0.1) is 11.1 Å². The van der Waals surface area contributed by atoms with Crippen LogP contribution in [0.2, 0.25) is 0 Å². The van der Waals surface area contributed by atoms with Gasteiger partial charge in [0, 0.05) is 13.2 Å². The summed E-state index contributed by atoms with van der Waals surface area (Å²) in [6.45, 7) is 0.635. The van der Waals surface area contributed by atoms with Crippen LogP contribution in [0, 0.1) is 11.9 Å². The smallest absolute Gasteiger partial charge is 0.396 e. The van der Waals surface area contributed by atoms with E-state index in [-0.39, 0.29) is 45.1 Å². The van der Waals surface area contributed by atoms with Gasteiger partial charge in [0.25, 0.3) is 0 Å². The quantitative estimate of drug-likeness (QED) is 0.849. The molecule has 2 nitrogen and oxygen atoms in total. The zero-order valence-electron chi connectivity index (χ0n) is 11.7. The Hall–Kier alpha value is -0.606. The number of aliphatic hydroxyl groups is 1. The monoisotopic (exact) mass is 360 g/mol. The fourth-order valence-corrected chi connectivity index (χ4v) is 2.89. The Balaban J connectivity index is 0.00000161. The van der Waals surface area contributed by atoms with Gasteiger partial charge in [0.1, 0.15) is 5.82 Å². The maximum atomic E-state index is 13.2. The van der Waals surface area contributed by atoms with Crippen LogP contribution in [0.15, 0.2) is 42.5 Å².